The van der Waals surface area contributed by atoms with Gasteiger partial charge in [0.05, 0.1) is 17.2 Å². The van der Waals surface area contributed by atoms with Crippen molar-refractivity contribution in [1.29, 1.82) is 0 Å². The van der Waals surface area contributed by atoms with E-state index < -0.39 is 6.09 Å². The lowest BCUT2D eigenvalue weighted by Crippen LogP contribution is -2.20. The van der Waals surface area contributed by atoms with E-state index in [4.69, 9.17) is 4.74 Å². The lowest BCUT2D eigenvalue weighted by Gasteiger charge is -2.06. The number of carbonyl (C=O) groups excluding carboxylic acids is 2. The van der Waals surface area contributed by atoms with Crippen LogP contribution in [0, 0.1) is 0 Å². The lowest BCUT2D eigenvalue weighted by molar-refractivity contribution is 0.103. The van der Waals surface area contributed by atoms with Gasteiger partial charge in [0.2, 0.25) is 0 Å². The second-order valence-electron chi connectivity index (χ2n) is 4.54. The molecule has 0 bridgehead atoms. The van der Waals surface area contributed by atoms with Crippen LogP contribution < -0.4 is 10.7 Å². The third-order valence-electron chi connectivity index (χ3n) is 2.90. The van der Waals surface area contributed by atoms with Gasteiger partial charge in [0.25, 0.3) is 5.91 Å². The first-order chi connectivity index (χ1) is 11.1. The largest absolute Gasteiger partial charge is 0.449 e. The van der Waals surface area contributed by atoms with Gasteiger partial charge in [0.1, 0.15) is 0 Å². The number of rotatable bonds is 5. The van der Waals surface area contributed by atoms with E-state index in [1.165, 1.54) is 11.3 Å². The van der Waals surface area contributed by atoms with Crippen molar-refractivity contribution in [3.63, 3.8) is 0 Å². The van der Waals surface area contributed by atoms with E-state index in [-0.39, 0.29) is 5.91 Å². The van der Waals surface area contributed by atoms with Gasteiger partial charge in [0, 0.05) is 5.69 Å². The molecule has 0 radical (unpaired) electrons. The minimum atomic E-state index is -0.591. The monoisotopic (exact) mass is 331 g/mol. The molecule has 1 heterocycles. The topological polar surface area (TPSA) is 79.8 Å². The van der Waals surface area contributed by atoms with E-state index in [0.29, 0.717) is 22.9 Å². The highest BCUT2D eigenvalue weighted by Crippen LogP contribution is 2.14. The number of thiophene rings is 1. The fraction of sp³-hybridized carbons (Fsp3) is 0.188. The van der Waals surface area contributed by atoms with Crippen LogP contribution in [0.4, 0.5) is 10.5 Å². The first-order valence-electron chi connectivity index (χ1n) is 7.02. The van der Waals surface area contributed by atoms with Crippen LogP contribution >= 0.6 is 11.3 Å². The Morgan fingerprint density at radius 3 is 2.57 bits per heavy atom. The van der Waals surface area contributed by atoms with Crippen LogP contribution in [0.2, 0.25) is 0 Å². The van der Waals surface area contributed by atoms with Crippen LogP contribution in [0.3, 0.4) is 0 Å². The van der Waals surface area contributed by atoms with Crippen LogP contribution in [-0.4, -0.2) is 24.3 Å². The molecule has 0 aliphatic heterocycles. The zero-order chi connectivity index (χ0) is 16.7. The molecule has 2 aromatic rings. The van der Waals surface area contributed by atoms with E-state index in [0.717, 1.165) is 5.56 Å². The molecular weight excluding hydrogens is 314 g/mol. The molecule has 0 aliphatic carbocycles. The van der Waals surface area contributed by atoms with Crippen molar-refractivity contribution in [2.24, 2.45) is 5.10 Å². The quantitative estimate of drug-likeness (QED) is 0.650. The first kappa shape index (κ1) is 16.7. The summed E-state index contributed by atoms with van der Waals surface area (Å²) in [7, 11) is 0. The number of hydrogen-bond donors (Lipinski definition) is 2. The summed E-state index contributed by atoms with van der Waals surface area (Å²) in [6, 6.07) is 10.8. The highest BCUT2D eigenvalue weighted by molar-refractivity contribution is 7.12. The standard InChI is InChI=1S/C16H17N3O3S/c1-3-22-16(21)19-18-11(2)12-6-8-13(9-7-12)17-15(20)14-5-4-10-23-14/h4-10H,3H2,1-2H3,(H,17,20)(H,19,21). The normalized spacial score (nSPS) is 11.0. The predicted molar refractivity (Wildman–Crippen MR) is 91.1 cm³/mol. The maximum absolute atomic E-state index is 11.9. The second-order valence-corrected chi connectivity index (χ2v) is 5.49. The summed E-state index contributed by atoms with van der Waals surface area (Å²) >= 11 is 1.39. The van der Waals surface area contributed by atoms with E-state index >= 15 is 0 Å². The number of nitrogens with zero attached hydrogens (tertiary/aromatic N) is 1. The first-order valence-corrected chi connectivity index (χ1v) is 7.90. The molecule has 0 fully saturated rings. The molecule has 2 rings (SSSR count). The van der Waals surface area contributed by atoms with Gasteiger partial charge in [-0.2, -0.15) is 5.10 Å². The summed E-state index contributed by atoms with van der Waals surface area (Å²) in [5.41, 5.74) is 4.46. The number of carbonyl (C=O) groups is 2. The van der Waals surface area contributed by atoms with E-state index in [1.807, 2.05) is 23.6 Å². The summed E-state index contributed by atoms with van der Waals surface area (Å²) in [6.07, 6.45) is -0.591. The van der Waals surface area contributed by atoms with Gasteiger partial charge in [-0.1, -0.05) is 18.2 Å². The third kappa shape index (κ3) is 4.93. The molecule has 0 spiro atoms. The average molecular weight is 331 g/mol. The van der Waals surface area contributed by atoms with E-state index in [9.17, 15) is 9.59 Å². The maximum atomic E-state index is 11.9. The molecule has 0 saturated heterocycles. The molecule has 0 atom stereocenters. The molecule has 7 heteroatoms. The maximum Gasteiger partial charge on any atom is 0.427 e. The number of benzene rings is 1. The van der Waals surface area contributed by atoms with Gasteiger partial charge in [-0.3, -0.25) is 4.79 Å². The number of nitrogens with one attached hydrogen (secondary N) is 2. The van der Waals surface area contributed by atoms with E-state index in [2.05, 4.69) is 15.8 Å². The Bertz CT molecular complexity index is 694. The Kier molecular flexibility index (Phi) is 5.87. The minimum absolute atomic E-state index is 0.137. The zero-order valence-electron chi connectivity index (χ0n) is 12.8. The fourth-order valence-electron chi connectivity index (χ4n) is 1.75. The van der Waals surface area contributed by atoms with Gasteiger partial charge in [-0.25, -0.2) is 10.2 Å². The van der Waals surface area contributed by atoms with Gasteiger partial charge in [-0.15, -0.1) is 11.3 Å². The van der Waals surface area contributed by atoms with Crippen molar-refractivity contribution in [2.75, 3.05) is 11.9 Å². The van der Waals surface area contributed by atoms with Gasteiger partial charge >= 0.3 is 6.09 Å². The Morgan fingerprint density at radius 2 is 1.96 bits per heavy atom. The molecule has 23 heavy (non-hydrogen) atoms. The van der Waals surface area contributed by atoms with Crippen molar-refractivity contribution >= 4 is 34.7 Å². The van der Waals surface area contributed by atoms with Crippen molar-refractivity contribution in [3.05, 3.63) is 52.2 Å². The van der Waals surface area contributed by atoms with Gasteiger partial charge < -0.3 is 10.1 Å². The Labute approximate surface area is 138 Å². The predicted octanol–water partition coefficient (Wildman–Crippen LogP) is 3.47. The summed E-state index contributed by atoms with van der Waals surface area (Å²) in [6.45, 7) is 3.78. The number of amides is 2. The number of hydrogen-bond acceptors (Lipinski definition) is 5. The van der Waals surface area contributed by atoms with Crippen molar-refractivity contribution < 1.29 is 14.3 Å². The molecule has 1 aromatic carbocycles. The smallest absolute Gasteiger partial charge is 0.427 e. The molecule has 1 aromatic heterocycles. The summed E-state index contributed by atoms with van der Waals surface area (Å²) < 4.78 is 4.72. The molecule has 120 valence electrons. The average Bonchev–Trinajstić information content (AvgIpc) is 3.08. The van der Waals surface area contributed by atoms with Crippen LogP contribution in [0.1, 0.15) is 29.1 Å². The van der Waals surface area contributed by atoms with Crippen LogP contribution in [0.15, 0.2) is 46.9 Å². The molecule has 6 nitrogen and oxygen atoms in total. The molecular formula is C16H17N3O3S. The Hall–Kier alpha value is -2.67. The molecule has 0 aliphatic rings. The zero-order valence-corrected chi connectivity index (χ0v) is 13.6. The highest BCUT2D eigenvalue weighted by atomic mass is 32.1. The SMILES string of the molecule is CCOC(=O)NN=C(C)c1ccc(NC(=O)c2cccs2)cc1. The van der Waals surface area contributed by atoms with Crippen molar-refractivity contribution in [2.45, 2.75) is 13.8 Å². The van der Waals surface area contributed by atoms with E-state index in [1.54, 1.807) is 32.0 Å². The number of hydrazone groups is 1. The van der Waals surface area contributed by atoms with Gasteiger partial charge in [0.15, 0.2) is 0 Å². The van der Waals surface area contributed by atoms with Crippen LogP contribution in [0.5, 0.6) is 0 Å². The summed E-state index contributed by atoms with van der Waals surface area (Å²) in [4.78, 5) is 23.8. The molecule has 2 amide bonds. The summed E-state index contributed by atoms with van der Waals surface area (Å²) in [5.74, 6) is -0.137. The van der Waals surface area contributed by atoms with Crippen LogP contribution in [0.25, 0.3) is 0 Å². The third-order valence-corrected chi connectivity index (χ3v) is 3.76. The van der Waals surface area contributed by atoms with Crippen molar-refractivity contribution in [3.8, 4) is 0 Å². The van der Waals surface area contributed by atoms with Crippen molar-refractivity contribution in [1.82, 2.24) is 5.43 Å². The lowest BCUT2D eigenvalue weighted by atomic mass is 10.1. The Balaban J connectivity index is 1.97. The number of anilines is 1. The van der Waals surface area contributed by atoms with Gasteiger partial charge in [-0.05, 0) is 43.0 Å². The molecule has 2 N–H and O–H groups in total. The minimum Gasteiger partial charge on any atom is -0.449 e. The van der Waals surface area contributed by atoms with Crippen LogP contribution in [-0.2, 0) is 4.74 Å². The second kappa shape index (κ2) is 8.09. The highest BCUT2D eigenvalue weighted by Gasteiger charge is 2.07. The fourth-order valence-corrected chi connectivity index (χ4v) is 2.37. The summed E-state index contributed by atoms with van der Waals surface area (Å²) in [5, 5.41) is 8.63. The Morgan fingerprint density at radius 1 is 1.22 bits per heavy atom. The molecule has 0 saturated carbocycles. The molecule has 0 unspecified atom stereocenters. The number of ether oxygens (including phenoxy) is 1.